The van der Waals surface area contributed by atoms with Crippen molar-refractivity contribution in [1.29, 1.82) is 0 Å². The van der Waals surface area contributed by atoms with Crippen molar-refractivity contribution in [2.24, 2.45) is 0 Å². The molecule has 0 aliphatic heterocycles. The highest BCUT2D eigenvalue weighted by molar-refractivity contribution is 7.99. The summed E-state index contributed by atoms with van der Waals surface area (Å²) in [6, 6.07) is 0.333. The molecule has 20 heavy (non-hydrogen) atoms. The second-order valence-electron chi connectivity index (χ2n) is 5.68. The maximum Gasteiger partial charge on any atom is 0.138 e. The summed E-state index contributed by atoms with van der Waals surface area (Å²) in [7, 11) is 0. The summed E-state index contributed by atoms with van der Waals surface area (Å²) in [6.07, 6.45) is 8.97. The molecule has 1 aromatic heterocycles. The van der Waals surface area contributed by atoms with E-state index < -0.39 is 0 Å². The van der Waals surface area contributed by atoms with Crippen LogP contribution < -0.4 is 5.32 Å². The molecule has 0 amide bonds. The minimum absolute atomic E-state index is 0.333. The third-order valence-corrected chi connectivity index (χ3v) is 5.41. The van der Waals surface area contributed by atoms with Crippen LogP contribution in [0.3, 0.4) is 0 Å². The first-order valence-electron chi connectivity index (χ1n) is 7.88. The van der Waals surface area contributed by atoms with Crippen LogP contribution in [0.5, 0.6) is 0 Å². The lowest BCUT2D eigenvalue weighted by Gasteiger charge is -2.20. The lowest BCUT2D eigenvalue weighted by Crippen LogP contribution is -2.19. The Labute approximate surface area is 127 Å². The van der Waals surface area contributed by atoms with Gasteiger partial charge in [0.2, 0.25) is 0 Å². The Balaban J connectivity index is 1.91. The minimum Gasteiger partial charge on any atom is -0.310 e. The fourth-order valence-corrected chi connectivity index (χ4v) is 4.05. The minimum atomic E-state index is 0.333. The fraction of sp³-hybridized carbons (Fsp3) is 0.750. The molecule has 0 spiro atoms. The second kappa shape index (κ2) is 7.99. The highest BCUT2D eigenvalue weighted by atomic mass is 32.2. The monoisotopic (exact) mass is 293 g/mol. The SMILES string of the molecule is CCNC(C)c1cnc(CSC2CCCCC2)nc1C. The van der Waals surface area contributed by atoms with E-state index in [2.05, 4.69) is 36.1 Å². The number of hydrogen-bond acceptors (Lipinski definition) is 4. The van der Waals surface area contributed by atoms with Gasteiger partial charge in [-0.3, -0.25) is 0 Å². The maximum absolute atomic E-state index is 4.69. The smallest absolute Gasteiger partial charge is 0.138 e. The van der Waals surface area contributed by atoms with E-state index in [0.29, 0.717) is 6.04 Å². The topological polar surface area (TPSA) is 37.8 Å². The van der Waals surface area contributed by atoms with Crippen molar-refractivity contribution >= 4 is 11.8 Å². The number of nitrogens with one attached hydrogen (secondary N) is 1. The molecule has 1 saturated carbocycles. The van der Waals surface area contributed by atoms with Gasteiger partial charge in [-0.2, -0.15) is 11.8 Å². The summed E-state index contributed by atoms with van der Waals surface area (Å²) >= 11 is 2.04. The Bertz CT molecular complexity index is 416. The first-order valence-corrected chi connectivity index (χ1v) is 8.93. The van der Waals surface area contributed by atoms with Crippen molar-refractivity contribution < 1.29 is 0 Å². The number of aromatic nitrogens is 2. The standard InChI is InChI=1S/C16H27N3S/c1-4-17-12(2)15-10-18-16(19-13(15)3)11-20-14-8-6-5-7-9-14/h10,12,14,17H,4-9,11H2,1-3H3. The zero-order valence-corrected chi connectivity index (χ0v) is 13.8. The van der Waals surface area contributed by atoms with Gasteiger partial charge < -0.3 is 5.32 Å². The lowest BCUT2D eigenvalue weighted by atomic mass is 10.0. The van der Waals surface area contributed by atoms with Crippen LogP contribution in [0.25, 0.3) is 0 Å². The first-order chi connectivity index (χ1) is 9.70. The van der Waals surface area contributed by atoms with E-state index in [1.165, 1.54) is 37.7 Å². The van der Waals surface area contributed by atoms with Gasteiger partial charge in [0.1, 0.15) is 5.82 Å². The zero-order chi connectivity index (χ0) is 14.4. The van der Waals surface area contributed by atoms with E-state index in [4.69, 9.17) is 0 Å². The molecule has 1 N–H and O–H groups in total. The zero-order valence-electron chi connectivity index (χ0n) is 13.0. The van der Waals surface area contributed by atoms with Crippen molar-refractivity contribution in [3.05, 3.63) is 23.3 Å². The van der Waals surface area contributed by atoms with Gasteiger partial charge in [0.25, 0.3) is 0 Å². The van der Waals surface area contributed by atoms with Crippen LogP contribution in [0.2, 0.25) is 0 Å². The molecule has 0 saturated heterocycles. The van der Waals surface area contributed by atoms with Crippen LogP contribution >= 0.6 is 11.8 Å². The van der Waals surface area contributed by atoms with E-state index in [1.54, 1.807) is 0 Å². The molecule has 1 aliphatic carbocycles. The van der Waals surface area contributed by atoms with E-state index >= 15 is 0 Å². The van der Waals surface area contributed by atoms with Gasteiger partial charge in [-0.25, -0.2) is 9.97 Å². The summed E-state index contributed by atoms with van der Waals surface area (Å²) in [5.74, 6) is 1.95. The summed E-state index contributed by atoms with van der Waals surface area (Å²) in [4.78, 5) is 9.24. The average Bonchev–Trinajstić information content (AvgIpc) is 2.46. The molecule has 1 aromatic rings. The maximum atomic E-state index is 4.69. The van der Waals surface area contributed by atoms with Gasteiger partial charge in [0.15, 0.2) is 0 Å². The number of nitrogens with zero attached hydrogens (tertiary/aromatic N) is 2. The van der Waals surface area contributed by atoms with Crippen LogP contribution in [-0.4, -0.2) is 21.8 Å². The van der Waals surface area contributed by atoms with Crippen LogP contribution in [0, 0.1) is 6.92 Å². The van der Waals surface area contributed by atoms with Crippen LogP contribution in [0.4, 0.5) is 0 Å². The average molecular weight is 293 g/mol. The Morgan fingerprint density at radius 1 is 1.35 bits per heavy atom. The van der Waals surface area contributed by atoms with Gasteiger partial charge in [-0.15, -0.1) is 0 Å². The Kier molecular flexibility index (Phi) is 6.30. The summed E-state index contributed by atoms with van der Waals surface area (Å²) in [6.45, 7) is 7.37. The molecule has 1 atom stereocenters. The Morgan fingerprint density at radius 3 is 2.75 bits per heavy atom. The molecule has 2 rings (SSSR count). The number of hydrogen-bond donors (Lipinski definition) is 1. The van der Waals surface area contributed by atoms with E-state index in [1.807, 2.05) is 18.0 Å². The van der Waals surface area contributed by atoms with Crippen molar-refractivity contribution in [2.45, 2.75) is 69.9 Å². The third-order valence-electron chi connectivity index (χ3n) is 4.04. The first kappa shape index (κ1) is 15.8. The molecule has 0 radical (unpaired) electrons. The molecule has 1 fully saturated rings. The number of thioether (sulfide) groups is 1. The lowest BCUT2D eigenvalue weighted by molar-refractivity contribution is 0.516. The van der Waals surface area contributed by atoms with Crippen LogP contribution in [0.1, 0.15) is 69.1 Å². The van der Waals surface area contributed by atoms with Crippen LogP contribution in [-0.2, 0) is 5.75 Å². The van der Waals surface area contributed by atoms with Gasteiger partial charge in [-0.05, 0) is 33.2 Å². The van der Waals surface area contributed by atoms with Crippen molar-refractivity contribution in [3.8, 4) is 0 Å². The van der Waals surface area contributed by atoms with E-state index in [9.17, 15) is 0 Å². The molecule has 3 nitrogen and oxygen atoms in total. The molecular formula is C16H27N3S. The predicted octanol–water partition coefficient (Wildman–Crippen LogP) is 4.02. The van der Waals surface area contributed by atoms with E-state index in [0.717, 1.165) is 29.1 Å². The van der Waals surface area contributed by atoms with Crippen LogP contribution in [0.15, 0.2) is 6.20 Å². The molecular weight excluding hydrogens is 266 g/mol. The van der Waals surface area contributed by atoms with Gasteiger partial charge >= 0.3 is 0 Å². The van der Waals surface area contributed by atoms with Gasteiger partial charge in [0, 0.05) is 28.7 Å². The highest BCUT2D eigenvalue weighted by Crippen LogP contribution is 2.30. The van der Waals surface area contributed by atoms with Crippen molar-refractivity contribution in [2.75, 3.05) is 6.54 Å². The molecule has 0 bridgehead atoms. The molecule has 0 aromatic carbocycles. The molecule has 1 aliphatic rings. The van der Waals surface area contributed by atoms with Crippen molar-refractivity contribution in [3.63, 3.8) is 0 Å². The largest absolute Gasteiger partial charge is 0.310 e. The molecule has 112 valence electrons. The normalized spacial score (nSPS) is 18.1. The highest BCUT2D eigenvalue weighted by Gasteiger charge is 2.15. The molecule has 1 heterocycles. The predicted molar refractivity (Wildman–Crippen MR) is 87.0 cm³/mol. The molecule has 1 unspecified atom stereocenters. The number of rotatable bonds is 6. The third kappa shape index (κ3) is 4.45. The fourth-order valence-electron chi connectivity index (χ4n) is 2.86. The van der Waals surface area contributed by atoms with Gasteiger partial charge in [0.05, 0.1) is 5.75 Å². The van der Waals surface area contributed by atoms with E-state index in [-0.39, 0.29) is 0 Å². The van der Waals surface area contributed by atoms with Crippen molar-refractivity contribution in [1.82, 2.24) is 15.3 Å². The summed E-state index contributed by atoms with van der Waals surface area (Å²) < 4.78 is 0. The Morgan fingerprint density at radius 2 is 2.10 bits per heavy atom. The number of aryl methyl sites for hydroxylation is 1. The summed E-state index contributed by atoms with van der Waals surface area (Å²) in [5.41, 5.74) is 2.34. The summed E-state index contributed by atoms with van der Waals surface area (Å²) in [5, 5.41) is 4.25. The molecule has 4 heteroatoms. The Hall–Kier alpha value is -0.610. The quantitative estimate of drug-likeness (QED) is 0.859. The van der Waals surface area contributed by atoms with Gasteiger partial charge in [-0.1, -0.05) is 26.2 Å². The second-order valence-corrected chi connectivity index (χ2v) is 6.97.